The van der Waals surface area contributed by atoms with Crippen molar-refractivity contribution in [2.45, 2.75) is 0 Å². The predicted octanol–water partition coefficient (Wildman–Crippen LogP) is 1.09. The Hall–Kier alpha value is -1.11. The molecule has 1 saturated heterocycles. The second kappa shape index (κ2) is 6.88. The molecule has 0 spiro atoms. The lowest BCUT2D eigenvalue weighted by Crippen LogP contribution is -2.41. The molecule has 2 rings (SSSR count). The van der Waals surface area contributed by atoms with Gasteiger partial charge in [-0.1, -0.05) is 0 Å². The van der Waals surface area contributed by atoms with E-state index in [-0.39, 0.29) is 5.91 Å². The van der Waals surface area contributed by atoms with Gasteiger partial charge in [-0.3, -0.25) is 9.69 Å². The normalized spacial score (nSPS) is 16.3. The third-order valence-corrected chi connectivity index (χ3v) is 3.80. The van der Waals surface area contributed by atoms with E-state index < -0.39 is 0 Å². The minimum Gasteiger partial charge on any atom is -0.398 e. The van der Waals surface area contributed by atoms with Crippen molar-refractivity contribution in [3.05, 3.63) is 28.2 Å². The standard InChI is InChI=1S/C13H18BrN3O2/c14-11-2-1-10(9-12(11)15)13(18)16-3-4-17-5-7-19-8-6-17/h1-2,9H,3-8,15H2,(H,16,18). The van der Waals surface area contributed by atoms with E-state index in [0.717, 1.165) is 37.3 Å². The summed E-state index contributed by atoms with van der Waals surface area (Å²) in [5, 5.41) is 2.90. The van der Waals surface area contributed by atoms with Gasteiger partial charge in [-0.05, 0) is 34.1 Å². The van der Waals surface area contributed by atoms with Crippen LogP contribution in [0, 0.1) is 0 Å². The van der Waals surface area contributed by atoms with Crippen LogP contribution in [0.4, 0.5) is 5.69 Å². The van der Waals surface area contributed by atoms with Gasteiger partial charge < -0.3 is 15.8 Å². The molecule has 0 aromatic heterocycles. The zero-order valence-corrected chi connectivity index (χ0v) is 12.3. The molecular formula is C13H18BrN3O2. The highest BCUT2D eigenvalue weighted by Crippen LogP contribution is 2.19. The molecule has 0 radical (unpaired) electrons. The number of carbonyl (C=O) groups excluding carboxylic acids is 1. The minimum atomic E-state index is -0.0903. The van der Waals surface area contributed by atoms with E-state index in [2.05, 4.69) is 26.1 Å². The Morgan fingerprint density at radius 1 is 1.42 bits per heavy atom. The zero-order chi connectivity index (χ0) is 13.7. The molecule has 1 aliphatic heterocycles. The summed E-state index contributed by atoms with van der Waals surface area (Å²) in [6.45, 7) is 4.90. The van der Waals surface area contributed by atoms with Gasteiger partial charge in [-0.25, -0.2) is 0 Å². The first kappa shape index (κ1) is 14.3. The molecular weight excluding hydrogens is 310 g/mol. The molecule has 1 aromatic rings. The van der Waals surface area contributed by atoms with E-state index in [1.807, 2.05) is 0 Å². The van der Waals surface area contributed by atoms with Gasteiger partial charge in [-0.15, -0.1) is 0 Å². The Balaban J connectivity index is 1.78. The van der Waals surface area contributed by atoms with Crippen LogP contribution < -0.4 is 11.1 Å². The van der Waals surface area contributed by atoms with Crippen LogP contribution in [0.25, 0.3) is 0 Å². The first-order valence-corrected chi connectivity index (χ1v) is 7.09. The van der Waals surface area contributed by atoms with E-state index in [1.54, 1.807) is 18.2 Å². The molecule has 0 bridgehead atoms. The largest absolute Gasteiger partial charge is 0.398 e. The topological polar surface area (TPSA) is 67.6 Å². The van der Waals surface area contributed by atoms with E-state index in [0.29, 0.717) is 17.8 Å². The van der Waals surface area contributed by atoms with Gasteiger partial charge in [0, 0.05) is 41.9 Å². The number of carbonyl (C=O) groups is 1. The summed E-state index contributed by atoms with van der Waals surface area (Å²) in [5.74, 6) is -0.0903. The Kier molecular flexibility index (Phi) is 5.18. The number of amides is 1. The third kappa shape index (κ3) is 4.19. The monoisotopic (exact) mass is 327 g/mol. The first-order chi connectivity index (χ1) is 9.16. The lowest BCUT2D eigenvalue weighted by Gasteiger charge is -2.26. The van der Waals surface area contributed by atoms with Crippen molar-refractivity contribution in [2.75, 3.05) is 45.1 Å². The van der Waals surface area contributed by atoms with Crippen molar-refractivity contribution < 1.29 is 9.53 Å². The number of rotatable bonds is 4. The number of nitrogens with one attached hydrogen (secondary N) is 1. The van der Waals surface area contributed by atoms with Crippen LogP contribution in [-0.2, 0) is 4.74 Å². The van der Waals surface area contributed by atoms with E-state index in [9.17, 15) is 4.79 Å². The van der Waals surface area contributed by atoms with Gasteiger partial charge in [0.2, 0.25) is 0 Å². The number of benzene rings is 1. The fourth-order valence-electron chi connectivity index (χ4n) is 1.94. The van der Waals surface area contributed by atoms with E-state index in [4.69, 9.17) is 10.5 Å². The average molecular weight is 328 g/mol. The Labute approximate surface area is 121 Å². The van der Waals surface area contributed by atoms with Crippen LogP contribution in [0.15, 0.2) is 22.7 Å². The number of nitrogens with zero attached hydrogens (tertiary/aromatic N) is 1. The molecule has 6 heteroatoms. The lowest BCUT2D eigenvalue weighted by molar-refractivity contribution is 0.0383. The summed E-state index contributed by atoms with van der Waals surface area (Å²) in [5.41, 5.74) is 6.91. The number of hydrogen-bond acceptors (Lipinski definition) is 4. The number of nitrogen functional groups attached to an aromatic ring is 1. The van der Waals surface area contributed by atoms with Crippen molar-refractivity contribution in [3.63, 3.8) is 0 Å². The second-order valence-corrected chi connectivity index (χ2v) is 5.30. The van der Waals surface area contributed by atoms with Crippen LogP contribution in [0.1, 0.15) is 10.4 Å². The average Bonchev–Trinajstić information content (AvgIpc) is 2.43. The van der Waals surface area contributed by atoms with Crippen LogP contribution in [-0.4, -0.2) is 50.2 Å². The van der Waals surface area contributed by atoms with Crippen molar-refractivity contribution >= 4 is 27.5 Å². The molecule has 1 heterocycles. The third-order valence-electron chi connectivity index (χ3n) is 3.08. The Morgan fingerprint density at radius 3 is 2.84 bits per heavy atom. The second-order valence-electron chi connectivity index (χ2n) is 4.45. The molecule has 1 aliphatic rings. The maximum Gasteiger partial charge on any atom is 0.251 e. The van der Waals surface area contributed by atoms with E-state index >= 15 is 0 Å². The fourth-order valence-corrected chi connectivity index (χ4v) is 2.19. The van der Waals surface area contributed by atoms with Crippen molar-refractivity contribution in [1.29, 1.82) is 0 Å². The zero-order valence-electron chi connectivity index (χ0n) is 10.7. The summed E-state index contributed by atoms with van der Waals surface area (Å²) in [4.78, 5) is 14.2. The molecule has 5 nitrogen and oxygen atoms in total. The summed E-state index contributed by atoms with van der Waals surface area (Å²) in [7, 11) is 0. The first-order valence-electron chi connectivity index (χ1n) is 6.30. The molecule has 0 unspecified atom stereocenters. The highest BCUT2D eigenvalue weighted by atomic mass is 79.9. The van der Waals surface area contributed by atoms with Crippen LogP contribution in [0.5, 0.6) is 0 Å². The molecule has 1 fully saturated rings. The van der Waals surface area contributed by atoms with Gasteiger partial charge >= 0.3 is 0 Å². The fraction of sp³-hybridized carbons (Fsp3) is 0.462. The minimum absolute atomic E-state index is 0.0903. The van der Waals surface area contributed by atoms with Gasteiger partial charge in [-0.2, -0.15) is 0 Å². The molecule has 0 saturated carbocycles. The number of morpholine rings is 1. The van der Waals surface area contributed by atoms with Crippen LogP contribution in [0.3, 0.4) is 0 Å². The smallest absolute Gasteiger partial charge is 0.251 e. The lowest BCUT2D eigenvalue weighted by atomic mass is 10.2. The van der Waals surface area contributed by atoms with Gasteiger partial charge in [0.25, 0.3) is 5.91 Å². The number of hydrogen-bond donors (Lipinski definition) is 2. The molecule has 1 aromatic carbocycles. The van der Waals surface area contributed by atoms with E-state index in [1.165, 1.54) is 0 Å². The number of anilines is 1. The van der Waals surface area contributed by atoms with Gasteiger partial charge in [0.05, 0.1) is 13.2 Å². The number of nitrogens with two attached hydrogens (primary N) is 1. The molecule has 104 valence electrons. The molecule has 3 N–H and O–H groups in total. The summed E-state index contributed by atoms with van der Waals surface area (Å²) in [6.07, 6.45) is 0. The van der Waals surface area contributed by atoms with Crippen molar-refractivity contribution in [1.82, 2.24) is 10.2 Å². The van der Waals surface area contributed by atoms with Gasteiger partial charge in [0.15, 0.2) is 0 Å². The summed E-state index contributed by atoms with van der Waals surface area (Å²) >= 11 is 3.31. The number of ether oxygens (including phenoxy) is 1. The highest BCUT2D eigenvalue weighted by molar-refractivity contribution is 9.10. The quantitative estimate of drug-likeness (QED) is 0.812. The predicted molar refractivity (Wildman–Crippen MR) is 78.1 cm³/mol. The van der Waals surface area contributed by atoms with Crippen molar-refractivity contribution in [3.8, 4) is 0 Å². The molecule has 1 amide bonds. The number of halogens is 1. The molecule has 19 heavy (non-hydrogen) atoms. The SMILES string of the molecule is Nc1cc(C(=O)NCCN2CCOCC2)ccc1Br. The van der Waals surface area contributed by atoms with Crippen LogP contribution in [0.2, 0.25) is 0 Å². The molecule has 0 atom stereocenters. The van der Waals surface area contributed by atoms with Crippen molar-refractivity contribution in [2.24, 2.45) is 0 Å². The molecule has 0 aliphatic carbocycles. The Bertz CT molecular complexity index is 448. The maximum absolute atomic E-state index is 11.9. The highest BCUT2D eigenvalue weighted by Gasteiger charge is 2.11. The summed E-state index contributed by atoms with van der Waals surface area (Å²) < 4.78 is 6.08. The van der Waals surface area contributed by atoms with Gasteiger partial charge in [0.1, 0.15) is 0 Å². The Morgan fingerprint density at radius 2 is 2.16 bits per heavy atom. The maximum atomic E-state index is 11.9. The van der Waals surface area contributed by atoms with Crippen LogP contribution >= 0.6 is 15.9 Å². The summed E-state index contributed by atoms with van der Waals surface area (Å²) in [6, 6.07) is 5.21.